The molecular formula is C20H20F3NO3. The Balaban J connectivity index is 2.07. The lowest BCUT2D eigenvalue weighted by atomic mass is 10.0. The van der Waals surface area contributed by atoms with E-state index in [0.29, 0.717) is 5.56 Å². The summed E-state index contributed by atoms with van der Waals surface area (Å²) < 4.78 is 44.1. The predicted octanol–water partition coefficient (Wildman–Crippen LogP) is 4.20. The SMILES string of the molecule is CC(C)[C@H](NC(=O)c1ccccc1)C(=O)OCc1ccccc1C(F)(F)F. The third-order valence-corrected chi connectivity index (χ3v) is 3.94. The molecule has 0 aliphatic heterocycles. The second-order valence-electron chi connectivity index (χ2n) is 6.32. The number of rotatable bonds is 6. The number of esters is 1. The largest absolute Gasteiger partial charge is 0.459 e. The van der Waals surface area contributed by atoms with Crippen molar-refractivity contribution >= 4 is 11.9 Å². The minimum absolute atomic E-state index is 0.143. The molecule has 144 valence electrons. The summed E-state index contributed by atoms with van der Waals surface area (Å²) >= 11 is 0. The molecule has 0 saturated carbocycles. The van der Waals surface area contributed by atoms with Crippen LogP contribution >= 0.6 is 0 Å². The normalized spacial score (nSPS) is 12.5. The maximum atomic E-state index is 13.0. The van der Waals surface area contributed by atoms with Crippen LogP contribution in [0.1, 0.15) is 35.3 Å². The van der Waals surface area contributed by atoms with Crippen LogP contribution in [0, 0.1) is 5.92 Å². The minimum atomic E-state index is -4.54. The van der Waals surface area contributed by atoms with E-state index < -0.39 is 36.3 Å². The topological polar surface area (TPSA) is 55.4 Å². The Labute approximate surface area is 155 Å². The van der Waals surface area contributed by atoms with Crippen LogP contribution in [0.5, 0.6) is 0 Å². The van der Waals surface area contributed by atoms with Gasteiger partial charge in [-0.1, -0.05) is 50.2 Å². The van der Waals surface area contributed by atoms with Crippen molar-refractivity contribution in [1.82, 2.24) is 5.32 Å². The molecule has 2 aromatic carbocycles. The van der Waals surface area contributed by atoms with Crippen LogP contribution in [-0.4, -0.2) is 17.9 Å². The van der Waals surface area contributed by atoms with Gasteiger partial charge in [0.25, 0.3) is 5.91 Å². The fourth-order valence-corrected chi connectivity index (χ4v) is 2.47. The summed E-state index contributed by atoms with van der Waals surface area (Å²) in [5, 5.41) is 2.58. The maximum absolute atomic E-state index is 13.0. The molecule has 0 unspecified atom stereocenters. The number of benzene rings is 2. The van der Waals surface area contributed by atoms with Crippen LogP contribution in [-0.2, 0) is 22.3 Å². The number of alkyl halides is 3. The molecule has 0 radical (unpaired) electrons. The van der Waals surface area contributed by atoms with Gasteiger partial charge in [0.2, 0.25) is 0 Å². The van der Waals surface area contributed by atoms with Gasteiger partial charge >= 0.3 is 12.1 Å². The number of halogens is 3. The quantitative estimate of drug-likeness (QED) is 0.766. The van der Waals surface area contributed by atoms with Crippen molar-refractivity contribution in [3.8, 4) is 0 Å². The number of hydrogen-bond donors (Lipinski definition) is 1. The van der Waals surface area contributed by atoms with Gasteiger partial charge in [-0.25, -0.2) is 4.79 Å². The van der Waals surface area contributed by atoms with Gasteiger partial charge in [0.05, 0.1) is 5.56 Å². The molecule has 0 saturated heterocycles. The van der Waals surface area contributed by atoms with Crippen molar-refractivity contribution in [3.63, 3.8) is 0 Å². The number of carbonyl (C=O) groups excluding carboxylic acids is 2. The maximum Gasteiger partial charge on any atom is 0.416 e. The Morgan fingerprint density at radius 3 is 2.19 bits per heavy atom. The van der Waals surface area contributed by atoms with E-state index in [1.165, 1.54) is 18.2 Å². The number of amides is 1. The third kappa shape index (κ3) is 5.57. The van der Waals surface area contributed by atoms with Crippen LogP contribution in [0.25, 0.3) is 0 Å². The number of nitrogens with one attached hydrogen (secondary N) is 1. The Morgan fingerprint density at radius 1 is 1.00 bits per heavy atom. The highest BCUT2D eigenvalue weighted by Crippen LogP contribution is 2.32. The molecule has 0 bridgehead atoms. The second-order valence-corrected chi connectivity index (χ2v) is 6.32. The van der Waals surface area contributed by atoms with Gasteiger partial charge in [-0.05, 0) is 24.1 Å². The Morgan fingerprint density at radius 2 is 1.59 bits per heavy atom. The van der Waals surface area contributed by atoms with Crippen LogP contribution in [0.3, 0.4) is 0 Å². The molecule has 0 aliphatic carbocycles. The van der Waals surface area contributed by atoms with Gasteiger partial charge in [0, 0.05) is 11.1 Å². The molecule has 0 spiro atoms. The van der Waals surface area contributed by atoms with Gasteiger partial charge in [0.1, 0.15) is 12.6 Å². The van der Waals surface area contributed by atoms with Crippen molar-refractivity contribution in [3.05, 3.63) is 71.3 Å². The van der Waals surface area contributed by atoms with Crippen LogP contribution < -0.4 is 5.32 Å². The smallest absolute Gasteiger partial charge is 0.416 e. The number of ether oxygens (including phenoxy) is 1. The highest BCUT2D eigenvalue weighted by Gasteiger charge is 2.33. The highest BCUT2D eigenvalue weighted by molar-refractivity contribution is 5.96. The zero-order valence-corrected chi connectivity index (χ0v) is 14.9. The van der Waals surface area contributed by atoms with Gasteiger partial charge < -0.3 is 10.1 Å². The first-order chi connectivity index (χ1) is 12.7. The molecule has 7 heteroatoms. The van der Waals surface area contributed by atoms with E-state index in [0.717, 1.165) is 6.07 Å². The molecule has 1 amide bonds. The molecular weight excluding hydrogens is 359 g/mol. The summed E-state index contributed by atoms with van der Waals surface area (Å²) in [7, 11) is 0. The summed E-state index contributed by atoms with van der Waals surface area (Å²) in [6.07, 6.45) is -4.54. The standard InChI is InChI=1S/C20H20F3NO3/c1-13(2)17(24-18(25)14-8-4-3-5-9-14)19(26)27-12-15-10-6-7-11-16(15)20(21,22)23/h3-11,13,17H,12H2,1-2H3,(H,24,25)/t17-/m0/s1. The average molecular weight is 379 g/mol. The number of carbonyl (C=O) groups is 2. The average Bonchev–Trinajstić information content (AvgIpc) is 2.64. The van der Waals surface area contributed by atoms with Gasteiger partial charge in [0.15, 0.2) is 0 Å². The van der Waals surface area contributed by atoms with Crippen LogP contribution in [0.4, 0.5) is 13.2 Å². The van der Waals surface area contributed by atoms with Crippen molar-refractivity contribution in [1.29, 1.82) is 0 Å². The van der Waals surface area contributed by atoms with E-state index in [2.05, 4.69) is 5.32 Å². The highest BCUT2D eigenvalue weighted by atomic mass is 19.4. The molecule has 0 aromatic heterocycles. The third-order valence-electron chi connectivity index (χ3n) is 3.94. The Kier molecular flexibility index (Phi) is 6.60. The molecule has 1 N–H and O–H groups in total. The summed E-state index contributed by atoms with van der Waals surface area (Å²) in [5.41, 5.74) is -0.624. The first kappa shape index (κ1) is 20.5. The van der Waals surface area contributed by atoms with E-state index in [9.17, 15) is 22.8 Å². The summed E-state index contributed by atoms with van der Waals surface area (Å²) in [6.45, 7) is 2.89. The molecule has 2 rings (SSSR count). The summed E-state index contributed by atoms with van der Waals surface area (Å²) in [6, 6.07) is 12.2. The Hall–Kier alpha value is -2.83. The molecule has 0 fully saturated rings. The lowest BCUT2D eigenvalue weighted by Crippen LogP contribution is -2.45. The Bertz CT molecular complexity index is 789. The fourth-order valence-electron chi connectivity index (χ4n) is 2.47. The van der Waals surface area contributed by atoms with Crippen LogP contribution in [0.2, 0.25) is 0 Å². The molecule has 0 heterocycles. The molecule has 1 atom stereocenters. The van der Waals surface area contributed by atoms with Crippen molar-refractivity contribution in [2.75, 3.05) is 0 Å². The van der Waals surface area contributed by atoms with E-state index in [1.54, 1.807) is 44.2 Å². The second kappa shape index (κ2) is 8.70. The van der Waals surface area contributed by atoms with E-state index >= 15 is 0 Å². The van der Waals surface area contributed by atoms with Gasteiger partial charge in [-0.2, -0.15) is 13.2 Å². The van der Waals surface area contributed by atoms with E-state index in [4.69, 9.17) is 4.74 Å². The first-order valence-electron chi connectivity index (χ1n) is 8.37. The molecule has 2 aromatic rings. The predicted molar refractivity (Wildman–Crippen MR) is 93.8 cm³/mol. The minimum Gasteiger partial charge on any atom is -0.459 e. The van der Waals surface area contributed by atoms with Gasteiger partial charge in [-0.15, -0.1) is 0 Å². The van der Waals surface area contributed by atoms with Crippen LogP contribution in [0.15, 0.2) is 54.6 Å². The molecule has 0 aliphatic rings. The van der Waals surface area contributed by atoms with Crippen molar-refractivity contribution in [2.24, 2.45) is 5.92 Å². The summed E-state index contributed by atoms with van der Waals surface area (Å²) in [5.74, 6) is -1.55. The van der Waals surface area contributed by atoms with E-state index in [-0.39, 0.29) is 11.5 Å². The van der Waals surface area contributed by atoms with Crippen molar-refractivity contribution < 1.29 is 27.5 Å². The number of hydrogen-bond acceptors (Lipinski definition) is 3. The van der Waals surface area contributed by atoms with Crippen molar-refractivity contribution in [2.45, 2.75) is 32.7 Å². The summed E-state index contributed by atoms with van der Waals surface area (Å²) in [4.78, 5) is 24.6. The van der Waals surface area contributed by atoms with Gasteiger partial charge in [-0.3, -0.25) is 4.79 Å². The fraction of sp³-hybridized carbons (Fsp3) is 0.300. The zero-order chi connectivity index (χ0) is 20.0. The molecule has 27 heavy (non-hydrogen) atoms. The zero-order valence-electron chi connectivity index (χ0n) is 14.9. The van der Waals surface area contributed by atoms with E-state index in [1.807, 2.05) is 0 Å². The lowest BCUT2D eigenvalue weighted by Gasteiger charge is -2.21. The first-order valence-corrected chi connectivity index (χ1v) is 8.37. The lowest BCUT2D eigenvalue weighted by molar-refractivity contribution is -0.150. The monoisotopic (exact) mass is 379 g/mol. The molecule has 4 nitrogen and oxygen atoms in total.